The third-order valence-electron chi connectivity index (χ3n) is 5.45. The van der Waals surface area contributed by atoms with Gasteiger partial charge in [0.05, 0.1) is 7.11 Å². The average Bonchev–Trinajstić information content (AvgIpc) is 3.53. The minimum atomic E-state index is 0.244. The van der Waals surface area contributed by atoms with Gasteiger partial charge in [-0.2, -0.15) is 0 Å². The maximum absolute atomic E-state index is 11.7. The van der Waals surface area contributed by atoms with Crippen LogP contribution in [-0.2, 0) is 4.79 Å². The Labute approximate surface area is 154 Å². The highest BCUT2D eigenvalue weighted by Gasteiger charge is 2.29. The molecule has 5 heteroatoms. The van der Waals surface area contributed by atoms with Gasteiger partial charge in [-0.3, -0.25) is 9.69 Å². The summed E-state index contributed by atoms with van der Waals surface area (Å²) in [5.41, 5.74) is 1.28. The summed E-state index contributed by atoms with van der Waals surface area (Å²) in [6.45, 7) is 5.77. The standard InChI is InChI=1S/C21H27N3O2/c1-26-18-8-7-16-3-2-4-20(19(16)15-18)24-13-11-23(12-14-24)10-9-22-21(25)17-5-6-17/h2-4,7-8,15,17H,5-6,9-14H2,1H3,(H,22,25). The Balaban J connectivity index is 1.35. The van der Waals surface area contributed by atoms with Crippen LogP contribution in [0.15, 0.2) is 36.4 Å². The third kappa shape index (κ3) is 3.78. The fraction of sp³-hybridized carbons (Fsp3) is 0.476. The molecule has 1 saturated carbocycles. The first-order valence-corrected chi connectivity index (χ1v) is 9.56. The molecule has 1 saturated heterocycles. The van der Waals surface area contributed by atoms with E-state index in [1.165, 1.54) is 16.5 Å². The molecule has 1 heterocycles. The number of hydrogen-bond acceptors (Lipinski definition) is 4. The highest BCUT2D eigenvalue weighted by Crippen LogP contribution is 2.31. The van der Waals surface area contributed by atoms with Crippen molar-refractivity contribution >= 4 is 22.4 Å². The van der Waals surface area contributed by atoms with Crippen molar-refractivity contribution in [1.29, 1.82) is 0 Å². The number of fused-ring (bicyclic) bond motifs is 1. The van der Waals surface area contributed by atoms with Crippen LogP contribution in [0.25, 0.3) is 10.8 Å². The first-order chi connectivity index (χ1) is 12.7. The van der Waals surface area contributed by atoms with Gasteiger partial charge in [0.15, 0.2) is 0 Å². The summed E-state index contributed by atoms with van der Waals surface area (Å²) in [6.07, 6.45) is 2.14. The summed E-state index contributed by atoms with van der Waals surface area (Å²) in [7, 11) is 1.71. The molecule has 0 aromatic heterocycles. The Morgan fingerprint density at radius 3 is 2.69 bits per heavy atom. The number of ether oxygens (including phenoxy) is 1. The number of hydrogen-bond donors (Lipinski definition) is 1. The fourth-order valence-electron chi connectivity index (χ4n) is 3.68. The highest BCUT2D eigenvalue weighted by atomic mass is 16.5. The van der Waals surface area contributed by atoms with E-state index < -0.39 is 0 Å². The molecule has 0 unspecified atom stereocenters. The maximum Gasteiger partial charge on any atom is 0.223 e. The van der Waals surface area contributed by atoms with Crippen LogP contribution in [-0.4, -0.2) is 57.2 Å². The lowest BCUT2D eigenvalue weighted by Crippen LogP contribution is -2.48. The molecule has 0 atom stereocenters. The van der Waals surface area contributed by atoms with E-state index in [-0.39, 0.29) is 5.91 Å². The van der Waals surface area contributed by atoms with E-state index in [9.17, 15) is 4.79 Å². The molecule has 5 nitrogen and oxygen atoms in total. The average molecular weight is 353 g/mol. The second kappa shape index (κ2) is 7.54. The van der Waals surface area contributed by atoms with E-state index in [0.717, 1.165) is 57.9 Å². The quantitative estimate of drug-likeness (QED) is 0.867. The zero-order valence-corrected chi connectivity index (χ0v) is 15.4. The summed E-state index contributed by atoms with van der Waals surface area (Å²) in [5, 5.41) is 5.55. The normalized spacial score (nSPS) is 18.1. The second-order valence-electron chi connectivity index (χ2n) is 7.26. The molecule has 1 N–H and O–H groups in total. The Morgan fingerprint density at radius 1 is 1.15 bits per heavy atom. The topological polar surface area (TPSA) is 44.8 Å². The summed E-state index contributed by atoms with van der Waals surface area (Å²) in [4.78, 5) is 16.6. The Hall–Kier alpha value is -2.27. The molecule has 2 aliphatic rings. The predicted molar refractivity (Wildman–Crippen MR) is 105 cm³/mol. The Bertz CT molecular complexity index is 780. The number of piperazine rings is 1. The molecule has 1 amide bonds. The van der Waals surface area contributed by atoms with Crippen molar-refractivity contribution in [3.63, 3.8) is 0 Å². The molecular formula is C21H27N3O2. The zero-order valence-electron chi connectivity index (χ0n) is 15.4. The van der Waals surface area contributed by atoms with E-state index in [4.69, 9.17) is 4.74 Å². The van der Waals surface area contributed by atoms with Gasteiger partial charge in [-0.15, -0.1) is 0 Å². The molecule has 2 aromatic carbocycles. The minimum absolute atomic E-state index is 0.244. The highest BCUT2D eigenvalue weighted by molar-refractivity contribution is 5.95. The lowest BCUT2D eigenvalue weighted by atomic mass is 10.1. The zero-order chi connectivity index (χ0) is 17.9. The number of anilines is 1. The van der Waals surface area contributed by atoms with Crippen LogP contribution in [0.1, 0.15) is 12.8 Å². The molecule has 138 valence electrons. The first-order valence-electron chi connectivity index (χ1n) is 9.56. The molecule has 0 spiro atoms. The number of carbonyl (C=O) groups is 1. The van der Waals surface area contributed by atoms with Crippen LogP contribution in [0.3, 0.4) is 0 Å². The second-order valence-corrected chi connectivity index (χ2v) is 7.26. The van der Waals surface area contributed by atoms with E-state index >= 15 is 0 Å². The monoisotopic (exact) mass is 353 g/mol. The van der Waals surface area contributed by atoms with Gasteiger partial charge in [0.2, 0.25) is 5.91 Å². The molecule has 26 heavy (non-hydrogen) atoms. The third-order valence-corrected chi connectivity index (χ3v) is 5.45. The smallest absolute Gasteiger partial charge is 0.223 e. The first kappa shape index (κ1) is 17.2. The Kier molecular flexibility index (Phi) is 4.98. The molecule has 4 rings (SSSR count). The maximum atomic E-state index is 11.7. The van der Waals surface area contributed by atoms with Crippen LogP contribution in [0, 0.1) is 5.92 Å². The van der Waals surface area contributed by atoms with Gasteiger partial charge < -0.3 is 15.0 Å². The molecule has 2 fully saturated rings. The molecular weight excluding hydrogens is 326 g/mol. The SMILES string of the molecule is COc1ccc2cccc(N3CCN(CCNC(=O)C4CC4)CC3)c2c1. The van der Waals surface area contributed by atoms with Crippen LogP contribution < -0.4 is 15.0 Å². The Morgan fingerprint density at radius 2 is 1.96 bits per heavy atom. The summed E-state index contributed by atoms with van der Waals surface area (Å²) >= 11 is 0. The lowest BCUT2D eigenvalue weighted by Gasteiger charge is -2.36. The molecule has 1 aliphatic carbocycles. The number of amides is 1. The van der Waals surface area contributed by atoms with Crippen molar-refractivity contribution in [2.45, 2.75) is 12.8 Å². The van der Waals surface area contributed by atoms with E-state index in [1.807, 2.05) is 6.07 Å². The van der Waals surface area contributed by atoms with Crippen LogP contribution in [0.4, 0.5) is 5.69 Å². The van der Waals surface area contributed by atoms with Crippen molar-refractivity contribution in [2.24, 2.45) is 5.92 Å². The van der Waals surface area contributed by atoms with Gasteiger partial charge in [-0.05, 0) is 36.4 Å². The summed E-state index contributed by atoms with van der Waals surface area (Å²) in [6, 6.07) is 12.7. The van der Waals surface area contributed by atoms with Crippen molar-refractivity contribution in [1.82, 2.24) is 10.2 Å². The van der Waals surface area contributed by atoms with Gasteiger partial charge in [-0.25, -0.2) is 0 Å². The van der Waals surface area contributed by atoms with E-state index in [2.05, 4.69) is 45.4 Å². The fourth-order valence-corrected chi connectivity index (χ4v) is 3.68. The number of rotatable bonds is 6. The van der Waals surface area contributed by atoms with E-state index in [1.54, 1.807) is 7.11 Å². The van der Waals surface area contributed by atoms with Crippen molar-refractivity contribution in [3.8, 4) is 5.75 Å². The van der Waals surface area contributed by atoms with Crippen LogP contribution in [0.2, 0.25) is 0 Å². The molecule has 0 radical (unpaired) electrons. The van der Waals surface area contributed by atoms with Crippen molar-refractivity contribution < 1.29 is 9.53 Å². The summed E-state index contributed by atoms with van der Waals surface area (Å²) in [5.74, 6) is 1.44. The number of nitrogens with zero attached hydrogens (tertiary/aromatic N) is 2. The largest absolute Gasteiger partial charge is 0.497 e. The number of nitrogens with one attached hydrogen (secondary N) is 1. The molecule has 1 aliphatic heterocycles. The van der Waals surface area contributed by atoms with Gasteiger partial charge in [0, 0.05) is 56.3 Å². The molecule has 2 aromatic rings. The van der Waals surface area contributed by atoms with Crippen LogP contribution in [0.5, 0.6) is 5.75 Å². The lowest BCUT2D eigenvalue weighted by molar-refractivity contribution is -0.122. The molecule has 0 bridgehead atoms. The van der Waals surface area contributed by atoms with Gasteiger partial charge in [0.1, 0.15) is 5.75 Å². The van der Waals surface area contributed by atoms with Gasteiger partial charge in [-0.1, -0.05) is 18.2 Å². The van der Waals surface area contributed by atoms with Gasteiger partial charge in [0.25, 0.3) is 0 Å². The van der Waals surface area contributed by atoms with Crippen molar-refractivity contribution in [3.05, 3.63) is 36.4 Å². The van der Waals surface area contributed by atoms with E-state index in [0.29, 0.717) is 5.92 Å². The van der Waals surface area contributed by atoms with Gasteiger partial charge >= 0.3 is 0 Å². The summed E-state index contributed by atoms with van der Waals surface area (Å²) < 4.78 is 5.41. The number of carbonyl (C=O) groups excluding carboxylic acids is 1. The van der Waals surface area contributed by atoms with Crippen molar-refractivity contribution in [2.75, 3.05) is 51.3 Å². The predicted octanol–water partition coefficient (Wildman–Crippen LogP) is 2.50. The number of benzene rings is 2. The number of methoxy groups -OCH3 is 1. The van der Waals surface area contributed by atoms with Crippen LogP contribution >= 0.6 is 0 Å². The minimum Gasteiger partial charge on any atom is -0.497 e.